The second kappa shape index (κ2) is 6.50. The van der Waals surface area contributed by atoms with E-state index in [4.69, 9.17) is 0 Å². The van der Waals surface area contributed by atoms with Crippen LogP contribution in [0.1, 0.15) is 25.5 Å². The summed E-state index contributed by atoms with van der Waals surface area (Å²) in [6.07, 6.45) is 0. The molecule has 100 valence electrons. The molecule has 0 spiro atoms. The number of carbonyl (C=O) groups excluding carboxylic acids is 1. The van der Waals surface area contributed by atoms with E-state index in [9.17, 15) is 9.18 Å². The number of halogens is 1. The molecule has 2 atom stereocenters. The van der Waals surface area contributed by atoms with Gasteiger partial charge in [-0.1, -0.05) is 19.1 Å². The van der Waals surface area contributed by atoms with Gasteiger partial charge in [0.15, 0.2) is 0 Å². The van der Waals surface area contributed by atoms with E-state index >= 15 is 0 Å². The lowest BCUT2D eigenvalue weighted by molar-refractivity contribution is -0.135. The first-order valence-corrected chi connectivity index (χ1v) is 6.14. The molecule has 0 aliphatic rings. The standard InChI is InChI=1S/C14H21FN2O/c1-10(9-16-3)14(18)17(4)11(2)12-5-7-13(15)8-6-12/h5-8,10-11,16H,9H2,1-4H3. The predicted octanol–water partition coefficient (Wildman–Crippen LogP) is 2.20. The van der Waals surface area contributed by atoms with Crippen molar-refractivity contribution >= 4 is 5.91 Å². The van der Waals surface area contributed by atoms with Gasteiger partial charge in [0.25, 0.3) is 0 Å². The normalized spacial score (nSPS) is 14.1. The second-order valence-electron chi connectivity index (χ2n) is 4.64. The summed E-state index contributed by atoms with van der Waals surface area (Å²) in [5.41, 5.74) is 0.934. The van der Waals surface area contributed by atoms with Crippen LogP contribution in [-0.4, -0.2) is 31.4 Å². The van der Waals surface area contributed by atoms with Crippen molar-refractivity contribution in [1.29, 1.82) is 0 Å². The Kier molecular flexibility index (Phi) is 5.28. The highest BCUT2D eigenvalue weighted by molar-refractivity contribution is 5.78. The van der Waals surface area contributed by atoms with Crippen molar-refractivity contribution in [2.45, 2.75) is 19.9 Å². The Labute approximate surface area is 108 Å². The molecule has 1 aromatic carbocycles. The Hall–Kier alpha value is -1.42. The molecule has 1 rings (SSSR count). The average molecular weight is 252 g/mol. The molecule has 1 amide bonds. The molecule has 0 saturated carbocycles. The summed E-state index contributed by atoms with van der Waals surface area (Å²) in [5.74, 6) is -0.243. The number of nitrogens with zero attached hydrogens (tertiary/aromatic N) is 1. The van der Waals surface area contributed by atoms with Gasteiger partial charge < -0.3 is 10.2 Å². The van der Waals surface area contributed by atoms with Crippen molar-refractivity contribution in [1.82, 2.24) is 10.2 Å². The minimum atomic E-state index is -0.261. The molecule has 18 heavy (non-hydrogen) atoms. The summed E-state index contributed by atoms with van der Waals surface area (Å²) in [5, 5.41) is 2.99. The third kappa shape index (κ3) is 3.53. The number of carbonyl (C=O) groups is 1. The van der Waals surface area contributed by atoms with Crippen molar-refractivity contribution in [3.63, 3.8) is 0 Å². The van der Waals surface area contributed by atoms with Crippen LogP contribution in [0.3, 0.4) is 0 Å². The lowest BCUT2D eigenvalue weighted by atomic mass is 10.0. The zero-order chi connectivity index (χ0) is 13.7. The van der Waals surface area contributed by atoms with Gasteiger partial charge in [0.2, 0.25) is 5.91 Å². The first kappa shape index (κ1) is 14.6. The van der Waals surface area contributed by atoms with Gasteiger partial charge in [-0.05, 0) is 31.7 Å². The van der Waals surface area contributed by atoms with Gasteiger partial charge in [-0.3, -0.25) is 4.79 Å². The lowest BCUT2D eigenvalue weighted by Gasteiger charge is -2.28. The second-order valence-corrected chi connectivity index (χ2v) is 4.64. The van der Waals surface area contributed by atoms with Crippen molar-refractivity contribution in [3.8, 4) is 0 Å². The third-order valence-electron chi connectivity index (χ3n) is 3.21. The molecular formula is C14H21FN2O. The number of amides is 1. The molecule has 0 bridgehead atoms. The fourth-order valence-electron chi connectivity index (χ4n) is 1.90. The number of hydrogen-bond donors (Lipinski definition) is 1. The van der Waals surface area contributed by atoms with Gasteiger partial charge in [-0.25, -0.2) is 4.39 Å². The van der Waals surface area contributed by atoms with Crippen LogP contribution in [0.2, 0.25) is 0 Å². The summed E-state index contributed by atoms with van der Waals surface area (Å²) in [7, 11) is 3.61. The SMILES string of the molecule is CNCC(C)C(=O)N(C)C(C)c1ccc(F)cc1. The molecule has 0 radical (unpaired) electrons. The highest BCUT2D eigenvalue weighted by atomic mass is 19.1. The molecule has 1 N–H and O–H groups in total. The molecule has 0 heterocycles. The van der Waals surface area contributed by atoms with Crippen LogP contribution in [0.4, 0.5) is 4.39 Å². The van der Waals surface area contributed by atoms with Crippen LogP contribution < -0.4 is 5.32 Å². The van der Waals surface area contributed by atoms with Crippen molar-refractivity contribution in [2.24, 2.45) is 5.92 Å². The highest BCUT2D eigenvalue weighted by Gasteiger charge is 2.21. The first-order chi connectivity index (χ1) is 8.47. The maximum absolute atomic E-state index is 12.8. The number of nitrogens with one attached hydrogen (secondary N) is 1. The van der Waals surface area contributed by atoms with Crippen molar-refractivity contribution in [2.75, 3.05) is 20.6 Å². The fourth-order valence-corrected chi connectivity index (χ4v) is 1.90. The third-order valence-corrected chi connectivity index (χ3v) is 3.21. The smallest absolute Gasteiger partial charge is 0.226 e. The number of rotatable bonds is 5. The Morgan fingerprint density at radius 1 is 1.33 bits per heavy atom. The summed E-state index contributed by atoms with van der Waals surface area (Å²) >= 11 is 0. The van der Waals surface area contributed by atoms with Crippen LogP contribution in [0.5, 0.6) is 0 Å². The minimum Gasteiger partial charge on any atom is -0.339 e. The van der Waals surface area contributed by atoms with Gasteiger partial charge in [-0.2, -0.15) is 0 Å². The fraction of sp³-hybridized carbons (Fsp3) is 0.500. The van der Waals surface area contributed by atoms with Crippen LogP contribution in [0.25, 0.3) is 0 Å². The van der Waals surface area contributed by atoms with Gasteiger partial charge >= 0.3 is 0 Å². The molecule has 3 nitrogen and oxygen atoms in total. The van der Waals surface area contributed by atoms with Crippen LogP contribution in [0, 0.1) is 11.7 Å². The van der Waals surface area contributed by atoms with E-state index in [1.165, 1.54) is 12.1 Å². The van der Waals surface area contributed by atoms with E-state index in [1.54, 1.807) is 24.1 Å². The summed E-state index contributed by atoms with van der Waals surface area (Å²) < 4.78 is 12.8. The van der Waals surface area contributed by atoms with E-state index in [2.05, 4.69) is 5.32 Å². The first-order valence-electron chi connectivity index (χ1n) is 6.14. The van der Waals surface area contributed by atoms with Gasteiger partial charge in [0, 0.05) is 19.5 Å². The molecule has 0 saturated heterocycles. The van der Waals surface area contributed by atoms with Gasteiger partial charge in [0.05, 0.1) is 6.04 Å². The predicted molar refractivity (Wildman–Crippen MR) is 70.7 cm³/mol. The Morgan fingerprint density at radius 3 is 2.39 bits per heavy atom. The molecule has 0 aliphatic heterocycles. The van der Waals surface area contributed by atoms with E-state index < -0.39 is 0 Å². The Morgan fingerprint density at radius 2 is 1.89 bits per heavy atom. The Balaban J connectivity index is 2.74. The van der Waals surface area contributed by atoms with Crippen LogP contribution in [0.15, 0.2) is 24.3 Å². The largest absolute Gasteiger partial charge is 0.339 e. The van der Waals surface area contributed by atoms with E-state index in [0.717, 1.165) is 5.56 Å². The molecule has 0 fully saturated rings. The molecule has 0 aliphatic carbocycles. The van der Waals surface area contributed by atoms with Crippen molar-refractivity contribution in [3.05, 3.63) is 35.6 Å². The monoisotopic (exact) mass is 252 g/mol. The molecular weight excluding hydrogens is 231 g/mol. The van der Waals surface area contributed by atoms with E-state index in [1.807, 2.05) is 20.9 Å². The highest BCUT2D eigenvalue weighted by Crippen LogP contribution is 2.20. The molecule has 2 unspecified atom stereocenters. The maximum Gasteiger partial charge on any atom is 0.226 e. The topological polar surface area (TPSA) is 32.3 Å². The van der Waals surface area contributed by atoms with E-state index in [-0.39, 0.29) is 23.7 Å². The van der Waals surface area contributed by atoms with Crippen LogP contribution in [-0.2, 0) is 4.79 Å². The van der Waals surface area contributed by atoms with Gasteiger partial charge in [-0.15, -0.1) is 0 Å². The summed E-state index contributed by atoms with van der Waals surface area (Å²) in [6, 6.07) is 6.21. The quantitative estimate of drug-likeness (QED) is 0.871. The summed E-state index contributed by atoms with van der Waals surface area (Å²) in [4.78, 5) is 13.8. The number of benzene rings is 1. The average Bonchev–Trinajstić information content (AvgIpc) is 2.37. The zero-order valence-corrected chi connectivity index (χ0v) is 11.4. The number of hydrogen-bond acceptors (Lipinski definition) is 2. The van der Waals surface area contributed by atoms with Gasteiger partial charge in [0.1, 0.15) is 5.82 Å². The van der Waals surface area contributed by atoms with Crippen LogP contribution >= 0.6 is 0 Å². The van der Waals surface area contributed by atoms with E-state index in [0.29, 0.717) is 6.54 Å². The molecule has 0 aromatic heterocycles. The lowest BCUT2D eigenvalue weighted by Crippen LogP contribution is -2.37. The van der Waals surface area contributed by atoms with Crippen molar-refractivity contribution < 1.29 is 9.18 Å². The summed E-state index contributed by atoms with van der Waals surface area (Å²) in [6.45, 7) is 4.49. The maximum atomic E-state index is 12.8. The minimum absolute atomic E-state index is 0.0580. The zero-order valence-electron chi connectivity index (χ0n) is 11.4. The molecule has 4 heteroatoms. The Bertz CT molecular complexity index is 391. The molecule has 1 aromatic rings.